The molecular weight excluding hydrogens is 516 g/mol. The Labute approximate surface area is 230 Å². The van der Waals surface area contributed by atoms with Gasteiger partial charge in [-0.2, -0.15) is 0 Å². The number of benzene rings is 2. The highest BCUT2D eigenvalue weighted by Gasteiger charge is 2.38. The van der Waals surface area contributed by atoms with Gasteiger partial charge in [0.05, 0.1) is 25.3 Å². The van der Waals surface area contributed by atoms with Gasteiger partial charge in [0.25, 0.3) is 5.91 Å². The quantitative estimate of drug-likeness (QED) is 0.227. The van der Waals surface area contributed by atoms with Crippen molar-refractivity contribution in [1.29, 1.82) is 0 Å². The number of hydrogen-bond donors (Lipinski definition) is 2. The van der Waals surface area contributed by atoms with E-state index in [1.165, 1.54) is 0 Å². The minimum Gasteiger partial charge on any atom is -0.496 e. The number of carbonyl (C=O) groups is 1. The smallest absolute Gasteiger partial charge is 0.255 e. The van der Waals surface area contributed by atoms with Crippen molar-refractivity contribution in [3.05, 3.63) is 84.4 Å². The van der Waals surface area contributed by atoms with Gasteiger partial charge < -0.3 is 19.5 Å². The number of likely N-dealkylation sites (tertiary alicyclic amines) is 1. The van der Waals surface area contributed by atoms with E-state index in [2.05, 4.69) is 32.1 Å². The zero-order valence-corrected chi connectivity index (χ0v) is 23.2. The van der Waals surface area contributed by atoms with Crippen molar-refractivity contribution < 1.29 is 17.9 Å². The topological polar surface area (TPSA) is 118 Å². The van der Waals surface area contributed by atoms with E-state index in [4.69, 9.17) is 4.74 Å². The van der Waals surface area contributed by atoms with E-state index in [1.807, 2.05) is 46.0 Å². The molecule has 2 aromatic carbocycles. The number of carbonyl (C=O) groups excluding carboxylic acids is 1. The zero-order chi connectivity index (χ0) is 27.7. The molecule has 0 aliphatic carbocycles. The summed E-state index contributed by atoms with van der Waals surface area (Å²) < 4.78 is 34.2. The lowest BCUT2D eigenvalue weighted by Crippen LogP contribution is -2.53. The van der Waals surface area contributed by atoms with Crippen LogP contribution in [0.25, 0.3) is 0 Å². The number of nitrogens with one attached hydrogen (secondary N) is 2. The zero-order valence-electron chi connectivity index (χ0n) is 22.4. The van der Waals surface area contributed by atoms with Crippen molar-refractivity contribution in [3.8, 4) is 5.75 Å². The Bertz CT molecular complexity index is 1350. The van der Waals surface area contributed by atoms with Crippen molar-refractivity contribution in [1.82, 2.24) is 24.5 Å². The monoisotopic (exact) mass is 552 g/mol. The molecule has 1 aliphatic rings. The second-order valence-corrected chi connectivity index (χ2v) is 11.5. The highest BCUT2D eigenvalue weighted by molar-refractivity contribution is 7.89. The van der Waals surface area contributed by atoms with Crippen molar-refractivity contribution >= 4 is 21.9 Å². The average molecular weight is 553 g/mol. The Balaban J connectivity index is 1.47. The molecule has 0 radical (unpaired) electrons. The molecule has 2 heterocycles. The molecule has 0 saturated carbocycles. The van der Waals surface area contributed by atoms with Crippen molar-refractivity contribution in [2.75, 3.05) is 39.5 Å². The lowest BCUT2D eigenvalue weighted by molar-refractivity contribution is 0.0929. The van der Waals surface area contributed by atoms with Gasteiger partial charge in [0, 0.05) is 50.5 Å². The first kappa shape index (κ1) is 28.2. The predicted molar refractivity (Wildman–Crippen MR) is 151 cm³/mol. The standard InChI is InChI=1S/C28H36N6O4S/c1-38-25-12-7-6-11-24(25)26(35)31-21-28(23-9-4-3-5-10-23)13-18-34(19-14-28)27(32-39(2,36)37)30-15-8-17-33-20-16-29-22-33/h3-7,9-12,16,20,22H,8,13-15,17-19,21H2,1-2H3,(H,30,32)(H,31,35). The first-order chi connectivity index (χ1) is 18.8. The summed E-state index contributed by atoms with van der Waals surface area (Å²) in [5, 5.41) is 3.13. The van der Waals surface area contributed by atoms with Crippen LogP contribution >= 0.6 is 0 Å². The van der Waals surface area contributed by atoms with E-state index in [0.29, 0.717) is 56.3 Å². The molecule has 3 aromatic rings. The molecule has 0 bridgehead atoms. The first-order valence-electron chi connectivity index (χ1n) is 13.0. The third-order valence-electron chi connectivity index (χ3n) is 7.02. The van der Waals surface area contributed by atoms with Gasteiger partial charge in [-0.1, -0.05) is 42.5 Å². The summed E-state index contributed by atoms with van der Waals surface area (Å²) in [5.41, 5.74) is 1.32. The van der Waals surface area contributed by atoms with Gasteiger partial charge in [-0.15, -0.1) is 0 Å². The fourth-order valence-corrected chi connectivity index (χ4v) is 5.43. The number of ether oxygens (including phenoxy) is 1. The summed E-state index contributed by atoms with van der Waals surface area (Å²) in [4.78, 5) is 23.8. The number of para-hydroxylation sites is 1. The fraction of sp³-hybridized carbons (Fsp3) is 0.393. The molecule has 1 aromatic heterocycles. The summed E-state index contributed by atoms with van der Waals surface area (Å²) >= 11 is 0. The third-order valence-corrected chi connectivity index (χ3v) is 7.57. The lowest BCUT2D eigenvalue weighted by atomic mass is 9.72. The summed E-state index contributed by atoms with van der Waals surface area (Å²) in [6.45, 7) is 2.84. The van der Waals surface area contributed by atoms with Crippen molar-refractivity contribution in [3.63, 3.8) is 0 Å². The number of hydrogen-bond acceptors (Lipinski definition) is 6. The molecule has 10 nitrogen and oxygen atoms in total. The Morgan fingerprint density at radius 3 is 2.49 bits per heavy atom. The SMILES string of the molecule is COc1ccccc1C(=O)NCC1(c2ccccc2)CCN(C(=NCCCn2ccnc2)NS(C)(=O)=O)CC1. The highest BCUT2D eigenvalue weighted by atomic mass is 32.2. The van der Waals surface area contributed by atoms with Gasteiger partial charge in [-0.25, -0.2) is 13.4 Å². The maximum atomic E-state index is 13.1. The van der Waals surface area contributed by atoms with Crippen LogP contribution in [0.1, 0.15) is 35.2 Å². The van der Waals surface area contributed by atoms with Crippen molar-refractivity contribution in [2.45, 2.75) is 31.2 Å². The molecule has 39 heavy (non-hydrogen) atoms. The Morgan fingerprint density at radius 2 is 1.82 bits per heavy atom. The molecule has 1 fully saturated rings. The molecule has 0 spiro atoms. The molecule has 1 amide bonds. The van der Waals surface area contributed by atoms with Gasteiger partial charge in [0.1, 0.15) is 5.75 Å². The second-order valence-electron chi connectivity index (χ2n) is 9.75. The summed E-state index contributed by atoms with van der Waals surface area (Å²) in [7, 11) is -1.95. The summed E-state index contributed by atoms with van der Waals surface area (Å²) in [5.74, 6) is 0.700. The summed E-state index contributed by atoms with van der Waals surface area (Å²) in [6.07, 6.45) is 8.68. The summed E-state index contributed by atoms with van der Waals surface area (Å²) in [6, 6.07) is 17.3. The largest absolute Gasteiger partial charge is 0.496 e. The first-order valence-corrected chi connectivity index (χ1v) is 14.9. The van der Waals surface area contributed by atoms with E-state index in [1.54, 1.807) is 31.8 Å². The van der Waals surface area contributed by atoms with Gasteiger partial charge in [-0.05, 0) is 37.0 Å². The van der Waals surface area contributed by atoms with Crippen LogP contribution in [-0.2, 0) is 22.0 Å². The minimum absolute atomic E-state index is 0.191. The fourth-order valence-electron chi connectivity index (χ4n) is 4.90. The average Bonchev–Trinajstić information content (AvgIpc) is 3.47. The van der Waals surface area contributed by atoms with Crippen LogP contribution < -0.4 is 14.8 Å². The molecule has 1 aliphatic heterocycles. The third kappa shape index (κ3) is 7.60. The molecule has 0 unspecified atom stereocenters. The van der Waals surface area contributed by atoms with Crippen LogP contribution in [0.4, 0.5) is 0 Å². The van der Waals surface area contributed by atoms with Gasteiger partial charge in [0.15, 0.2) is 0 Å². The van der Waals surface area contributed by atoms with E-state index >= 15 is 0 Å². The molecule has 11 heteroatoms. The van der Waals surface area contributed by atoms with Crippen LogP contribution in [0.3, 0.4) is 0 Å². The van der Waals surface area contributed by atoms with Crippen LogP contribution in [-0.4, -0.2) is 74.3 Å². The Morgan fingerprint density at radius 1 is 1.10 bits per heavy atom. The molecule has 208 valence electrons. The number of imidazole rings is 1. The maximum Gasteiger partial charge on any atom is 0.255 e. The maximum absolute atomic E-state index is 13.1. The number of methoxy groups -OCH3 is 1. The minimum atomic E-state index is -3.50. The number of guanidine groups is 1. The van der Waals surface area contributed by atoms with E-state index in [0.717, 1.165) is 24.8 Å². The Hall–Kier alpha value is -3.86. The lowest BCUT2D eigenvalue weighted by Gasteiger charge is -2.43. The van der Waals surface area contributed by atoms with Crippen LogP contribution in [0.5, 0.6) is 5.75 Å². The number of aromatic nitrogens is 2. The van der Waals surface area contributed by atoms with Gasteiger partial charge in [-0.3, -0.25) is 14.5 Å². The van der Waals surface area contributed by atoms with E-state index in [9.17, 15) is 13.2 Å². The van der Waals surface area contributed by atoms with Crippen molar-refractivity contribution in [2.24, 2.45) is 4.99 Å². The highest BCUT2D eigenvalue weighted by Crippen LogP contribution is 2.35. The van der Waals surface area contributed by atoms with Crippen LogP contribution in [0, 0.1) is 0 Å². The number of piperidine rings is 1. The molecule has 2 N–H and O–H groups in total. The molecular formula is C28H36N6O4S. The Kier molecular flexibility index (Phi) is 9.23. The number of amides is 1. The number of aryl methyl sites for hydroxylation is 1. The van der Waals surface area contributed by atoms with Gasteiger partial charge >= 0.3 is 0 Å². The molecule has 1 saturated heterocycles. The molecule has 0 atom stereocenters. The van der Waals surface area contributed by atoms with E-state index in [-0.39, 0.29) is 11.3 Å². The predicted octanol–water partition coefficient (Wildman–Crippen LogP) is 2.65. The van der Waals surface area contributed by atoms with Crippen LogP contribution in [0.15, 0.2) is 78.3 Å². The molecule has 4 rings (SSSR count). The van der Waals surface area contributed by atoms with Gasteiger partial charge in [0.2, 0.25) is 16.0 Å². The number of nitrogens with zero attached hydrogens (tertiary/aromatic N) is 4. The number of sulfonamides is 1. The normalized spacial score (nSPS) is 15.5. The van der Waals surface area contributed by atoms with E-state index < -0.39 is 10.0 Å². The number of aliphatic imine (C=N–C) groups is 1. The second kappa shape index (κ2) is 12.8. The van der Waals surface area contributed by atoms with Crippen LogP contribution in [0.2, 0.25) is 0 Å². The number of rotatable bonds is 10.